The Morgan fingerprint density at radius 1 is 1.19 bits per heavy atom. The van der Waals surface area contributed by atoms with Crippen molar-refractivity contribution in [2.45, 2.75) is 51.6 Å². The van der Waals surface area contributed by atoms with E-state index in [1.54, 1.807) is 7.11 Å². The number of nitrogens with one attached hydrogen (secondary N) is 2. The zero-order valence-corrected chi connectivity index (χ0v) is 13.2. The van der Waals surface area contributed by atoms with E-state index in [2.05, 4.69) is 17.6 Å². The summed E-state index contributed by atoms with van der Waals surface area (Å²) >= 11 is 0. The van der Waals surface area contributed by atoms with Crippen molar-refractivity contribution in [1.29, 1.82) is 0 Å². The summed E-state index contributed by atoms with van der Waals surface area (Å²) in [6.45, 7) is 4.18. The van der Waals surface area contributed by atoms with Gasteiger partial charge in [0.05, 0.1) is 7.11 Å². The minimum absolute atomic E-state index is 0.0744. The average molecular weight is 290 g/mol. The second kappa shape index (κ2) is 7.34. The summed E-state index contributed by atoms with van der Waals surface area (Å²) < 4.78 is 5.12. The maximum Gasteiger partial charge on any atom is 0.242 e. The number of benzene rings is 1. The molecule has 0 saturated heterocycles. The highest BCUT2D eigenvalue weighted by molar-refractivity contribution is 5.84. The molecule has 1 aromatic carbocycles. The van der Waals surface area contributed by atoms with Crippen LogP contribution in [0.5, 0.6) is 5.75 Å². The molecule has 2 rings (SSSR count). The van der Waals surface area contributed by atoms with Crippen LogP contribution < -0.4 is 15.4 Å². The highest BCUT2D eigenvalue weighted by atomic mass is 16.5. The monoisotopic (exact) mass is 290 g/mol. The van der Waals surface area contributed by atoms with Crippen LogP contribution in [0.4, 0.5) is 5.69 Å². The molecule has 1 unspecified atom stereocenters. The average Bonchev–Trinajstić information content (AvgIpc) is 2.50. The van der Waals surface area contributed by atoms with Gasteiger partial charge >= 0.3 is 0 Å². The molecule has 1 fully saturated rings. The first-order valence-electron chi connectivity index (χ1n) is 7.79. The molecule has 0 bridgehead atoms. The zero-order chi connectivity index (χ0) is 15.2. The normalized spacial score (nSPS) is 23.2. The van der Waals surface area contributed by atoms with Gasteiger partial charge in [0.25, 0.3) is 0 Å². The Morgan fingerprint density at radius 3 is 2.38 bits per heavy atom. The van der Waals surface area contributed by atoms with Crippen LogP contribution in [-0.2, 0) is 4.79 Å². The molecule has 0 aromatic heterocycles. The third kappa shape index (κ3) is 4.66. The minimum Gasteiger partial charge on any atom is -0.497 e. The topological polar surface area (TPSA) is 50.4 Å². The predicted molar refractivity (Wildman–Crippen MR) is 85.6 cm³/mol. The van der Waals surface area contributed by atoms with E-state index in [4.69, 9.17) is 4.74 Å². The third-order valence-electron chi connectivity index (χ3n) is 4.23. The van der Waals surface area contributed by atoms with Gasteiger partial charge < -0.3 is 15.4 Å². The third-order valence-corrected chi connectivity index (χ3v) is 4.23. The maximum absolute atomic E-state index is 12.2. The molecule has 116 valence electrons. The molecule has 21 heavy (non-hydrogen) atoms. The van der Waals surface area contributed by atoms with Crippen LogP contribution in [0.2, 0.25) is 0 Å². The van der Waals surface area contributed by atoms with Crippen molar-refractivity contribution in [3.05, 3.63) is 24.3 Å². The Hall–Kier alpha value is -1.71. The van der Waals surface area contributed by atoms with Gasteiger partial charge in [0, 0.05) is 11.7 Å². The lowest BCUT2D eigenvalue weighted by atomic mass is 9.87. The van der Waals surface area contributed by atoms with E-state index in [-0.39, 0.29) is 11.9 Å². The van der Waals surface area contributed by atoms with Gasteiger partial charge in [0.15, 0.2) is 0 Å². The Bertz CT molecular complexity index is 450. The van der Waals surface area contributed by atoms with Crippen molar-refractivity contribution in [3.8, 4) is 5.75 Å². The van der Waals surface area contributed by atoms with Gasteiger partial charge in [0.2, 0.25) is 5.91 Å². The molecule has 1 aliphatic rings. The molecule has 0 heterocycles. The number of carbonyl (C=O) groups is 1. The summed E-state index contributed by atoms with van der Waals surface area (Å²) in [4.78, 5) is 12.2. The van der Waals surface area contributed by atoms with Crippen LogP contribution in [0.1, 0.15) is 39.5 Å². The molecular formula is C17H26N2O2. The summed E-state index contributed by atoms with van der Waals surface area (Å²) in [5.74, 6) is 1.69. The van der Waals surface area contributed by atoms with Crippen LogP contribution in [0.3, 0.4) is 0 Å². The van der Waals surface area contributed by atoms with Crippen LogP contribution in [0, 0.1) is 5.92 Å². The summed E-state index contributed by atoms with van der Waals surface area (Å²) in [7, 11) is 1.64. The number of hydrogen-bond acceptors (Lipinski definition) is 3. The van der Waals surface area contributed by atoms with E-state index in [0.29, 0.717) is 6.04 Å². The van der Waals surface area contributed by atoms with E-state index in [0.717, 1.165) is 30.2 Å². The Balaban J connectivity index is 1.81. The van der Waals surface area contributed by atoms with Crippen molar-refractivity contribution >= 4 is 11.6 Å². The van der Waals surface area contributed by atoms with E-state index in [1.165, 1.54) is 12.8 Å². The molecule has 0 aliphatic heterocycles. The number of rotatable bonds is 5. The van der Waals surface area contributed by atoms with Crippen LogP contribution in [0.25, 0.3) is 0 Å². The van der Waals surface area contributed by atoms with Crippen molar-refractivity contribution in [1.82, 2.24) is 5.32 Å². The maximum atomic E-state index is 12.2. The Labute approximate surface area is 127 Å². The Kier molecular flexibility index (Phi) is 5.48. The first-order chi connectivity index (χ1) is 10.1. The van der Waals surface area contributed by atoms with Crippen molar-refractivity contribution in [2.24, 2.45) is 5.92 Å². The number of hydrogen-bond donors (Lipinski definition) is 2. The van der Waals surface area contributed by atoms with E-state index >= 15 is 0 Å². The van der Waals surface area contributed by atoms with Crippen LogP contribution >= 0.6 is 0 Å². The number of carbonyl (C=O) groups excluding carboxylic acids is 1. The number of anilines is 1. The zero-order valence-electron chi connectivity index (χ0n) is 13.2. The molecule has 1 amide bonds. The fourth-order valence-corrected chi connectivity index (χ4v) is 2.73. The van der Waals surface area contributed by atoms with Gasteiger partial charge in [-0.3, -0.25) is 4.79 Å². The predicted octanol–water partition coefficient (Wildman–Crippen LogP) is 3.19. The molecule has 2 N–H and O–H groups in total. The lowest BCUT2D eigenvalue weighted by Crippen LogP contribution is -2.44. The van der Waals surface area contributed by atoms with E-state index in [9.17, 15) is 4.79 Å². The fourth-order valence-electron chi connectivity index (χ4n) is 2.73. The summed E-state index contributed by atoms with van der Waals surface area (Å²) in [6, 6.07) is 7.72. The number of ether oxygens (including phenoxy) is 1. The first kappa shape index (κ1) is 15.7. The summed E-state index contributed by atoms with van der Waals surface area (Å²) in [6.07, 6.45) is 4.63. The molecule has 0 radical (unpaired) electrons. The molecular weight excluding hydrogens is 264 g/mol. The summed E-state index contributed by atoms with van der Waals surface area (Å²) in [5, 5.41) is 6.38. The summed E-state index contributed by atoms with van der Waals surface area (Å²) in [5.41, 5.74) is 0.927. The highest BCUT2D eigenvalue weighted by Crippen LogP contribution is 2.23. The standard InChI is InChI=1S/C17H26N2O2/c1-12-4-6-15(7-5-12)19-17(20)13(2)18-14-8-10-16(21-3)11-9-14/h8-13,15,18H,4-7H2,1-3H3,(H,19,20). The van der Waals surface area contributed by atoms with Crippen LogP contribution in [0.15, 0.2) is 24.3 Å². The lowest BCUT2D eigenvalue weighted by Gasteiger charge is -2.28. The van der Waals surface area contributed by atoms with Gasteiger partial charge in [0.1, 0.15) is 11.8 Å². The Morgan fingerprint density at radius 2 is 1.81 bits per heavy atom. The largest absolute Gasteiger partial charge is 0.497 e. The molecule has 4 heteroatoms. The SMILES string of the molecule is COc1ccc(NC(C)C(=O)NC2CCC(C)CC2)cc1. The number of amides is 1. The minimum atomic E-state index is -0.238. The van der Waals surface area contributed by atoms with Gasteiger partial charge in [-0.25, -0.2) is 0 Å². The molecule has 1 saturated carbocycles. The second-order valence-electron chi connectivity index (χ2n) is 6.06. The number of methoxy groups -OCH3 is 1. The molecule has 1 aliphatic carbocycles. The van der Waals surface area contributed by atoms with Gasteiger partial charge in [-0.05, 0) is 62.8 Å². The molecule has 4 nitrogen and oxygen atoms in total. The lowest BCUT2D eigenvalue weighted by molar-refractivity contribution is -0.122. The first-order valence-corrected chi connectivity index (χ1v) is 7.79. The quantitative estimate of drug-likeness (QED) is 0.875. The van der Waals surface area contributed by atoms with Crippen molar-refractivity contribution in [2.75, 3.05) is 12.4 Å². The second-order valence-corrected chi connectivity index (χ2v) is 6.06. The van der Waals surface area contributed by atoms with Crippen molar-refractivity contribution in [3.63, 3.8) is 0 Å². The van der Waals surface area contributed by atoms with Gasteiger partial charge in [-0.15, -0.1) is 0 Å². The smallest absolute Gasteiger partial charge is 0.242 e. The van der Waals surface area contributed by atoms with Gasteiger partial charge in [-0.2, -0.15) is 0 Å². The molecule has 1 atom stereocenters. The van der Waals surface area contributed by atoms with Crippen LogP contribution in [-0.4, -0.2) is 25.1 Å². The van der Waals surface area contributed by atoms with Crippen molar-refractivity contribution < 1.29 is 9.53 Å². The fraction of sp³-hybridized carbons (Fsp3) is 0.588. The van der Waals surface area contributed by atoms with E-state index in [1.807, 2.05) is 31.2 Å². The molecule has 0 spiro atoms. The highest BCUT2D eigenvalue weighted by Gasteiger charge is 2.22. The van der Waals surface area contributed by atoms with Gasteiger partial charge in [-0.1, -0.05) is 6.92 Å². The molecule has 1 aromatic rings. The van der Waals surface area contributed by atoms with E-state index < -0.39 is 0 Å².